The number of aromatic nitrogens is 1. The van der Waals surface area contributed by atoms with E-state index in [2.05, 4.69) is 72.8 Å². The van der Waals surface area contributed by atoms with Crippen LogP contribution in [0.4, 0.5) is 0 Å². The number of aryl methyl sites for hydroxylation is 2. The van der Waals surface area contributed by atoms with Gasteiger partial charge < -0.3 is 0 Å². The first-order valence-electron chi connectivity index (χ1n) is 10.2. The lowest BCUT2D eigenvalue weighted by Crippen LogP contribution is -2.03. The van der Waals surface area contributed by atoms with Gasteiger partial charge in [0.1, 0.15) is 0 Å². The normalized spacial score (nSPS) is 13.9. The van der Waals surface area contributed by atoms with Gasteiger partial charge in [-0.3, -0.25) is 4.98 Å². The van der Waals surface area contributed by atoms with Gasteiger partial charge >= 0.3 is 0 Å². The van der Waals surface area contributed by atoms with E-state index in [1.807, 2.05) is 6.20 Å². The number of hydrogen-bond donors (Lipinski definition) is 0. The van der Waals surface area contributed by atoms with Crippen molar-refractivity contribution in [2.45, 2.75) is 25.7 Å². The van der Waals surface area contributed by atoms with Gasteiger partial charge in [0.15, 0.2) is 0 Å². The zero-order valence-electron chi connectivity index (χ0n) is 15.8. The topological polar surface area (TPSA) is 12.9 Å². The predicted octanol–water partition coefficient (Wildman–Crippen LogP) is 7.09. The molecule has 1 heteroatoms. The highest BCUT2D eigenvalue weighted by Crippen LogP contribution is 2.37. The Kier molecular flexibility index (Phi) is 3.49. The lowest BCUT2D eigenvalue weighted by atomic mass is 9.86. The molecule has 1 aliphatic carbocycles. The Hall–Kier alpha value is -3.19. The summed E-state index contributed by atoms with van der Waals surface area (Å²) in [7, 11) is 0. The second-order valence-electron chi connectivity index (χ2n) is 7.85. The van der Waals surface area contributed by atoms with Crippen molar-refractivity contribution in [3.05, 3.63) is 90.1 Å². The molecule has 0 aliphatic heterocycles. The van der Waals surface area contributed by atoms with Gasteiger partial charge in [-0.25, -0.2) is 0 Å². The molecule has 0 unspecified atom stereocenters. The molecule has 5 aromatic rings. The standard InChI is InChI=1S/C27H21N/c1-3-8-20-18(6-1)12-13-24-22-10-5-11-26(25(22)15-14-23(20)24)27-21-9-4-2-7-19(21)16-17-28-27/h2,4-5,7,9-17H,1,3,6,8H2. The van der Waals surface area contributed by atoms with Crippen LogP contribution in [0, 0.1) is 0 Å². The Bertz CT molecular complexity index is 1360. The van der Waals surface area contributed by atoms with Gasteiger partial charge in [-0.1, -0.05) is 66.7 Å². The number of fused-ring (bicyclic) bond motifs is 6. The first kappa shape index (κ1) is 15.8. The van der Waals surface area contributed by atoms with Gasteiger partial charge in [-0.15, -0.1) is 0 Å². The van der Waals surface area contributed by atoms with Crippen LogP contribution in [-0.4, -0.2) is 4.98 Å². The Labute approximate surface area is 164 Å². The van der Waals surface area contributed by atoms with Gasteiger partial charge in [-0.05, 0) is 69.8 Å². The third-order valence-electron chi connectivity index (χ3n) is 6.32. The molecule has 0 N–H and O–H groups in total. The van der Waals surface area contributed by atoms with E-state index >= 15 is 0 Å². The van der Waals surface area contributed by atoms with Crippen LogP contribution in [0.1, 0.15) is 24.0 Å². The molecule has 28 heavy (non-hydrogen) atoms. The summed E-state index contributed by atoms with van der Waals surface area (Å²) < 4.78 is 0. The molecule has 0 saturated carbocycles. The molecule has 6 rings (SSSR count). The van der Waals surface area contributed by atoms with Crippen molar-refractivity contribution in [2.24, 2.45) is 0 Å². The van der Waals surface area contributed by atoms with E-state index in [1.54, 1.807) is 11.1 Å². The molecule has 0 bridgehead atoms. The molecule has 1 heterocycles. The van der Waals surface area contributed by atoms with Crippen molar-refractivity contribution in [3.63, 3.8) is 0 Å². The van der Waals surface area contributed by atoms with E-state index in [9.17, 15) is 0 Å². The van der Waals surface area contributed by atoms with E-state index in [4.69, 9.17) is 4.98 Å². The molecule has 1 nitrogen and oxygen atoms in total. The van der Waals surface area contributed by atoms with Crippen LogP contribution in [-0.2, 0) is 12.8 Å². The smallest absolute Gasteiger partial charge is 0.0786 e. The number of benzene rings is 4. The summed E-state index contributed by atoms with van der Waals surface area (Å²) in [6.07, 6.45) is 6.99. The fraction of sp³-hybridized carbons (Fsp3) is 0.148. The average Bonchev–Trinajstić information content (AvgIpc) is 2.78. The molecule has 0 spiro atoms. The SMILES string of the molecule is c1ccc2c(-c3cccc4c3ccc3c5c(ccc34)CCCC5)nccc2c1. The summed E-state index contributed by atoms with van der Waals surface area (Å²) in [6.45, 7) is 0. The molecular formula is C27H21N. The highest BCUT2D eigenvalue weighted by molar-refractivity contribution is 6.14. The molecular weight excluding hydrogens is 338 g/mol. The summed E-state index contributed by atoms with van der Waals surface area (Å²) in [5, 5.41) is 7.88. The summed E-state index contributed by atoms with van der Waals surface area (Å²) in [6, 6.07) is 26.6. The monoisotopic (exact) mass is 359 g/mol. The molecule has 134 valence electrons. The maximum atomic E-state index is 4.78. The number of nitrogens with zero attached hydrogens (tertiary/aromatic N) is 1. The number of rotatable bonds is 1. The minimum Gasteiger partial charge on any atom is -0.256 e. The number of pyridine rings is 1. The molecule has 1 aliphatic rings. The molecule has 0 amide bonds. The van der Waals surface area contributed by atoms with Crippen LogP contribution in [0.3, 0.4) is 0 Å². The Morgan fingerprint density at radius 1 is 0.571 bits per heavy atom. The fourth-order valence-corrected chi connectivity index (χ4v) is 4.97. The van der Waals surface area contributed by atoms with Crippen molar-refractivity contribution < 1.29 is 0 Å². The van der Waals surface area contributed by atoms with Crippen LogP contribution >= 0.6 is 0 Å². The van der Waals surface area contributed by atoms with Crippen LogP contribution in [0.25, 0.3) is 43.6 Å². The minimum absolute atomic E-state index is 1.07. The van der Waals surface area contributed by atoms with Gasteiger partial charge in [0.2, 0.25) is 0 Å². The van der Waals surface area contributed by atoms with Crippen LogP contribution < -0.4 is 0 Å². The zero-order valence-corrected chi connectivity index (χ0v) is 15.8. The van der Waals surface area contributed by atoms with Crippen molar-refractivity contribution in [3.8, 4) is 11.3 Å². The first-order valence-corrected chi connectivity index (χ1v) is 10.2. The van der Waals surface area contributed by atoms with Crippen molar-refractivity contribution in [2.75, 3.05) is 0 Å². The first-order chi connectivity index (χ1) is 13.9. The minimum atomic E-state index is 1.07. The van der Waals surface area contributed by atoms with E-state index in [0.29, 0.717) is 0 Å². The lowest BCUT2D eigenvalue weighted by Gasteiger charge is -2.19. The number of hydrogen-bond acceptors (Lipinski definition) is 1. The van der Waals surface area contributed by atoms with Crippen molar-refractivity contribution >= 4 is 32.3 Å². The van der Waals surface area contributed by atoms with Crippen LogP contribution in [0.2, 0.25) is 0 Å². The predicted molar refractivity (Wildman–Crippen MR) is 119 cm³/mol. The maximum absolute atomic E-state index is 4.78. The summed E-state index contributed by atoms with van der Waals surface area (Å²) in [5.41, 5.74) is 5.40. The van der Waals surface area contributed by atoms with Crippen molar-refractivity contribution in [1.82, 2.24) is 4.98 Å². The van der Waals surface area contributed by atoms with Gasteiger partial charge in [-0.2, -0.15) is 0 Å². The third kappa shape index (κ3) is 2.29. The molecule has 0 saturated heterocycles. The second kappa shape index (κ2) is 6.17. The van der Waals surface area contributed by atoms with Crippen LogP contribution in [0.15, 0.2) is 79.0 Å². The van der Waals surface area contributed by atoms with Crippen LogP contribution in [0.5, 0.6) is 0 Å². The van der Waals surface area contributed by atoms with Crippen molar-refractivity contribution in [1.29, 1.82) is 0 Å². The fourth-order valence-electron chi connectivity index (χ4n) is 4.97. The summed E-state index contributed by atoms with van der Waals surface area (Å²) in [4.78, 5) is 4.78. The average molecular weight is 359 g/mol. The summed E-state index contributed by atoms with van der Waals surface area (Å²) >= 11 is 0. The van der Waals surface area contributed by atoms with E-state index in [0.717, 1.165) is 5.69 Å². The quantitative estimate of drug-likeness (QED) is 0.291. The maximum Gasteiger partial charge on any atom is 0.0786 e. The summed E-state index contributed by atoms with van der Waals surface area (Å²) in [5.74, 6) is 0. The van der Waals surface area contributed by atoms with Gasteiger partial charge in [0.05, 0.1) is 5.69 Å². The van der Waals surface area contributed by atoms with E-state index in [1.165, 1.54) is 63.6 Å². The highest BCUT2D eigenvalue weighted by Gasteiger charge is 2.15. The Morgan fingerprint density at radius 3 is 2.36 bits per heavy atom. The molecule has 1 aromatic heterocycles. The second-order valence-corrected chi connectivity index (χ2v) is 7.85. The van der Waals surface area contributed by atoms with E-state index in [-0.39, 0.29) is 0 Å². The lowest BCUT2D eigenvalue weighted by molar-refractivity contribution is 0.690. The largest absolute Gasteiger partial charge is 0.256 e. The van der Waals surface area contributed by atoms with E-state index < -0.39 is 0 Å². The third-order valence-corrected chi connectivity index (χ3v) is 6.32. The highest BCUT2D eigenvalue weighted by atomic mass is 14.7. The van der Waals surface area contributed by atoms with Gasteiger partial charge in [0.25, 0.3) is 0 Å². The molecule has 0 atom stereocenters. The molecule has 4 aromatic carbocycles. The Balaban J connectivity index is 1.68. The Morgan fingerprint density at radius 2 is 1.36 bits per heavy atom. The van der Waals surface area contributed by atoms with Gasteiger partial charge in [0, 0.05) is 17.1 Å². The zero-order chi connectivity index (χ0) is 18.5. The molecule has 0 radical (unpaired) electrons. The molecule has 0 fully saturated rings.